The Hall–Kier alpha value is -1.70. The Morgan fingerprint density at radius 2 is 1.90 bits per heavy atom. The molecule has 0 unspecified atom stereocenters. The maximum Gasteiger partial charge on any atom is 0.328 e. The van der Waals surface area contributed by atoms with Crippen molar-refractivity contribution >= 4 is 29.2 Å². The molecule has 0 bridgehead atoms. The number of morpholine rings is 1. The van der Waals surface area contributed by atoms with Crippen molar-refractivity contribution < 1.29 is 9.47 Å². The van der Waals surface area contributed by atoms with Gasteiger partial charge in [-0.1, -0.05) is 11.6 Å². The highest BCUT2D eigenvalue weighted by Gasteiger charge is 2.17. The highest BCUT2D eigenvalue weighted by molar-refractivity contribution is 6.30. The first-order chi connectivity index (χ1) is 10.2. The van der Waals surface area contributed by atoms with Crippen molar-refractivity contribution in [2.75, 3.05) is 31.2 Å². The lowest BCUT2D eigenvalue weighted by Gasteiger charge is -2.26. The number of hydrogen-bond acceptors (Lipinski definition) is 7. The zero-order valence-electron chi connectivity index (χ0n) is 10.9. The van der Waals surface area contributed by atoms with Gasteiger partial charge in [-0.2, -0.15) is 15.0 Å². The van der Waals surface area contributed by atoms with Crippen LogP contribution in [-0.2, 0) is 4.74 Å². The molecular weight excluding hydrogens is 317 g/mol. The Balaban J connectivity index is 1.83. The lowest BCUT2D eigenvalue weighted by atomic mass is 10.4. The van der Waals surface area contributed by atoms with Crippen molar-refractivity contribution in [3.8, 4) is 11.8 Å². The van der Waals surface area contributed by atoms with Crippen LogP contribution in [0.1, 0.15) is 0 Å². The predicted molar refractivity (Wildman–Crippen MR) is 77.2 cm³/mol. The van der Waals surface area contributed by atoms with Gasteiger partial charge in [-0.25, -0.2) is 0 Å². The molecule has 0 amide bonds. The van der Waals surface area contributed by atoms with Crippen LogP contribution in [0.4, 0.5) is 5.95 Å². The fourth-order valence-electron chi connectivity index (χ4n) is 1.83. The van der Waals surface area contributed by atoms with Gasteiger partial charge in [0.25, 0.3) is 0 Å². The van der Waals surface area contributed by atoms with Crippen LogP contribution >= 0.6 is 23.2 Å². The van der Waals surface area contributed by atoms with Gasteiger partial charge in [0.15, 0.2) is 5.75 Å². The van der Waals surface area contributed by atoms with Crippen molar-refractivity contribution in [1.82, 2.24) is 19.9 Å². The van der Waals surface area contributed by atoms with Crippen molar-refractivity contribution in [3.05, 3.63) is 28.8 Å². The molecule has 1 saturated heterocycles. The zero-order chi connectivity index (χ0) is 14.7. The SMILES string of the molecule is Clc1cncc(Oc2nc(Cl)nc(N3CCOCC3)n2)c1. The fourth-order valence-corrected chi connectivity index (χ4v) is 2.14. The number of aromatic nitrogens is 4. The average molecular weight is 328 g/mol. The van der Waals surface area contributed by atoms with Crippen LogP contribution in [0.15, 0.2) is 18.5 Å². The van der Waals surface area contributed by atoms with E-state index in [4.69, 9.17) is 32.7 Å². The Morgan fingerprint density at radius 3 is 2.67 bits per heavy atom. The summed E-state index contributed by atoms with van der Waals surface area (Å²) in [5.41, 5.74) is 0. The van der Waals surface area contributed by atoms with Gasteiger partial charge in [0, 0.05) is 25.4 Å². The summed E-state index contributed by atoms with van der Waals surface area (Å²) in [5, 5.41) is 0.525. The van der Waals surface area contributed by atoms with Gasteiger partial charge < -0.3 is 14.4 Å². The molecule has 7 nitrogen and oxygen atoms in total. The minimum absolute atomic E-state index is 0.0662. The van der Waals surface area contributed by atoms with E-state index in [1.54, 1.807) is 6.07 Å². The molecule has 3 rings (SSSR count). The third kappa shape index (κ3) is 3.69. The molecule has 0 atom stereocenters. The molecule has 0 aromatic carbocycles. The zero-order valence-corrected chi connectivity index (χ0v) is 12.4. The van der Waals surface area contributed by atoms with Crippen LogP contribution in [-0.4, -0.2) is 46.2 Å². The van der Waals surface area contributed by atoms with Crippen LogP contribution < -0.4 is 9.64 Å². The van der Waals surface area contributed by atoms with Gasteiger partial charge in [0.1, 0.15) is 0 Å². The quantitative estimate of drug-likeness (QED) is 0.855. The predicted octanol–water partition coefficient (Wildman–Crippen LogP) is 2.20. The van der Waals surface area contributed by atoms with Gasteiger partial charge >= 0.3 is 6.01 Å². The normalized spacial score (nSPS) is 15.0. The van der Waals surface area contributed by atoms with Crippen molar-refractivity contribution in [2.45, 2.75) is 0 Å². The van der Waals surface area contributed by atoms with E-state index >= 15 is 0 Å². The third-order valence-corrected chi connectivity index (χ3v) is 3.13. The first kappa shape index (κ1) is 14.2. The summed E-state index contributed by atoms with van der Waals surface area (Å²) in [5.74, 6) is 0.890. The molecule has 0 N–H and O–H groups in total. The van der Waals surface area contributed by atoms with E-state index in [0.717, 1.165) is 0 Å². The number of pyridine rings is 1. The molecule has 0 spiro atoms. The smallest absolute Gasteiger partial charge is 0.328 e. The number of rotatable bonds is 3. The summed E-state index contributed by atoms with van der Waals surface area (Å²) < 4.78 is 10.8. The van der Waals surface area contributed by atoms with Crippen molar-refractivity contribution in [1.29, 1.82) is 0 Å². The van der Waals surface area contributed by atoms with Gasteiger partial charge in [0.05, 0.1) is 24.4 Å². The lowest BCUT2D eigenvalue weighted by molar-refractivity contribution is 0.122. The number of nitrogens with zero attached hydrogens (tertiary/aromatic N) is 5. The monoisotopic (exact) mass is 327 g/mol. The molecule has 1 aliphatic heterocycles. The average Bonchev–Trinajstić information content (AvgIpc) is 2.47. The van der Waals surface area contributed by atoms with Crippen LogP contribution in [0.3, 0.4) is 0 Å². The molecule has 1 aliphatic rings. The molecule has 0 radical (unpaired) electrons. The van der Waals surface area contributed by atoms with E-state index < -0.39 is 0 Å². The number of anilines is 1. The van der Waals surface area contributed by atoms with Gasteiger partial charge in [-0.3, -0.25) is 4.98 Å². The lowest BCUT2D eigenvalue weighted by Crippen LogP contribution is -2.37. The van der Waals surface area contributed by atoms with E-state index in [9.17, 15) is 0 Å². The topological polar surface area (TPSA) is 73.3 Å². The number of hydrogen-bond donors (Lipinski definition) is 0. The summed E-state index contributed by atoms with van der Waals surface area (Å²) in [4.78, 5) is 18.2. The number of halogens is 2. The summed E-state index contributed by atoms with van der Waals surface area (Å²) in [6, 6.07) is 1.71. The summed E-state index contributed by atoms with van der Waals surface area (Å²) in [7, 11) is 0. The Labute approximate surface area is 130 Å². The second kappa shape index (κ2) is 6.38. The highest BCUT2D eigenvalue weighted by atomic mass is 35.5. The highest BCUT2D eigenvalue weighted by Crippen LogP contribution is 2.23. The van der Waals surface area contributed by atoms with E-state index in [1.807, 2.05) is 4.90 Å². The van der Waals surface area contributed by atoms with Gasteiger partial charge in [0.2, 0.25) is 11.2 Å². The summed E-state index contributed by atoms with van der Waals surface area (Å²) in [6.07, 6.45) is 3.02. The Bertz CT molecular complexity index is 637. The number of ether oxygens (including phenoxy) is 2. The van der Waals surface area contributed by atoms with E-state index in [0.29, 0.717) is 43.0 Å². The van der Waals surface area contributed by atoms with E-state index in [-0.39, 0.29) is 11.3 Å². The Kier molecular flexibility index (Phi) is 4.33. The summed E-state index contributed by atoms with van der Waals surface area (Å²) >= 11 is 11.8. The van der Waals surface area contributed by atoms with Gasteiger partial charge in [-0.15, -0.1) is 0 Å². The maximum absolute atomic E-state index is 5.92. The molecule has 0 saturated carbocycles. The molecule has 110 valence electrons. The van der Waals surface area contributed by atoms with Crippen molar-refractivity contribution in [3.63, 3.8) is 0 Å². The fraction of sp³-hybridized carbons (Fsp3) is 0.333. The molecule has 9 heteroatoms. The first-order valence-electron chi connectivity index (χ1n) is 6.23. The van der Waals surface area contributed by atoms with E-state index in [1.165, 1.54) is 12.4 Å². The standard InChI is InChI=1S/C12H11Cl2N5O2/c13-8-5-9(7-15-6-8)21-12-17-10(14)16-11(18-12)19-1-3-20-4-2-19/h5-7H,1-4H2. The molecule has 2 aromatic heterocycles. The van der Waals surface area contributed by atoms with Crippen LogP contribution in [0.5, 0.6) is 11.8 Å². The molecule has 21 heavy (non-hydrogen) atoms. The molecule has 3 heterocycles. The van der Waals surface area contributed by atoms with Gasteiger partial charge in [-0.05, 0) is 11.6 Å². The molecular formula is C12H11Cl2N5O2. The van der Waals surface area contributed by atoms with E-state index in [2.05, 4.69) is 19.9 Å². The minimum Gasteiger partial charge on any atom is -0.422 e. The second-order valence-corrected chi connectivity index (χ2v) is 5.00. The van der Waals surface area contributed by atoms with Crippen molar-refractivity contribution in [2.24, 2.45) is 0 Å². The second-order valence-electron chi connectivity index (χ2n) is 4.23. The maximum atomic E-state index is 5.92. The Morgan fingerprint density at radius 1 is 1.10 bits per heavy atom. The van der Waals surface area contributed by atoms with Crippen LogP contribution in [0, 0.1) is 0 Å². The molecule has 0 aliphatic carbocycles. The third-order valence-electron chi connectivity index (χ3n) is 2.76. The van der Waals surface area contributed by atoms with Crippen LogP contribution in [0.2, 0.25) is 10.3 Å². The largest absolute Gasteiger partial charge is 0.422 e. The van der Waals surface area contributed by atoms with Crippen LogP contribution in [0.25, 0.3) is 0 Å². The first-order valence-corrected chi connectivity index (χ1v) is 6.99. The summed E-state index contributed by atoms with van der Waals surface area (Å²) in [6.45, 7) is 2.63. The minimum atomic E-state index is 0.0662. The molecule has 1 fully saturated rings. The molecule has 2 aromatic rings.